The molecule has 8 nitrogen and oxygen atoms in total. The van der Waals surface area contributed by atoms with Crippen molar-refractivity contribution in [2.45, 2.75) is 39.0 Å². The Kier molecular flexibility index (Phi) is 8.62. The number of alkyl halides is 3. The third kappa shape index (κ3) is 7.42. The largest absolute Gasteiger partial charge is 0.511 e. The van der Waals surface area contributed by atoms with Crippen molar-refractivity contribution < 1.29 is 45.1 Å². The van der Waals surface area contributed by atoms with E-state index in [1.54, 1.807) is 12.4 Å². The quantitative estimate of drug-likeness (QED) is 0.351. The Morgan fingerprint density at radius 2 is 1.29 bits per heavy atom. The number of primary sulfonamides is 1. The van der Waals surface area contributed by atoms with Crippen molar-refractivity contribution >= 4 is 17.6 Å². The molecule has 2 heterocycles. The molecule has 13 heteroatoms. The summed E-state index contributed by atoms with van der Waals surface area (Å²) in [5.41, 5.74) is 1.64. The number of hydrogen-bond donors (Lipinski definition) is 3. The number of aryl methyl sites for hydroxylation is 3. The first-order chi connectivity index (χ1) is 15.9. The van der Waals surface area contributed by atoms with Crippen molar-refractivity contribution in [2.24, 2.45) is 5.14 Å². The third-order valence-electron chi connectivity index (χ3n) is 5.15. The topological polar surface area (TPSA) is 125 Å². The monoisotopic (exact) mass is 533 g/mol. The number of sulfonamides is 1. The highest BCUT2D eigenvalue weighted by molar-refractivity contribution is 7.90. The van der Waals surface area contributed by atoms with Crippen LogP contribution in [0.2, 0.25) is 0 Å². The maximum Gasteiger partial charge on any atom is 0.511 e. The van der Waals surface area contributed by atoms with Gasteiger partial charge in [-0.05, 0) is 44.0 Å². The molecule has 35 heavy (non-hydrogen) atoms. The summed E-state index contributed by atoms with van der Waals surface area (Å²) < 4.78 is 66.2. The average Bonchev–Trinajstić information content (AvgIpc) is 2.71. The van der Waals surface area contributed by atoms with Crippen LogP contribution in [-0.4, -0.2) is 23.7 Å². The van der Waals surface area contributed by atoms with Gasteiger partial charge in [0, 0.05) is 42.3 Å². The van der Waals surface area contributed by atoms with Crippen molar-refractivity contribution in [3.63, 3.8) is 0 Å². The van der Waals surface area contributed by atoms with Gasteiger partial charge in [-0.2, -0.15) is 22.3 Å². The fraction of sp³-hybridized carbons (Fsp3) is 0.273. The van der Waals surface area contributed by atoms with E-state index in [0.717, 1.165) is 11.1 Å². The molecule has 3 rings (SSSR count). The van der Waals surface area contributed by atoms with Crippen molar-refractivity contribution in [1.82, 2.24) is 0 Å². The Bertz CT molecular complexity index is 1320. The van der Waals surface area contributed by atoms with Crippen LogP contribution in [0.4, 0.5) is 13.2 Å². The molecule has 0 aliphatic rings. The summed E-state index contributed by atoms with van der Waals surface area (Å²) >= 11 is 0. The van der Waals surface area contributed by atoms with Crippen LogP contribution in [-0.2, 0) is 14.6 Å². The van der Waals surface area contributed by atoms with Gasteiger partial charge in [0.15, 0.2) is 24.8 Å². The number of nitrogens with zero attached hydrogens (tertiary/aromatic N) is 2. The molecule has 1 atom stereocenters. The fourth-order valence-corrected chi connectivity index (χ4v) is 3.90. The lowest BCUT2D eigenvalue weighted by Crippen LogP contribution is -2.36. The predicted octanol–water partition coefficient (Wildman–Crippen LogP) is 3.33. The van der Waals surface area contributed by atoms with Crippen molar-refractivity contribution in [2.75, 3.05) is 0 Å². The van der Waals surface area contributed by atoms with E-state index in [1.807, 2.05) is 36.7 Å². The zero-order chi connectivity index (χ0) is 26.8. The molecule has 0 aliphatic carbocycles. The highest BCUT2D eigenvalue weighted by Crippen LogP contribution is 2.45. The van der Waals surface area contributed by atoms with Gasteiger partial charge < -0.3 is 9.79 Å². The van der Waals surface area contributed by atoms with Crippen molar-refractivity contribution in [1.29, 1.82) is 0 Å². The molecule has 0 saturated heterocycles. The number of nitrogens with two attached hydrogens (primary N) is 1. The van der Waals surface area contributed by atoms with Gasteiger partial charge in [-0.25, -0.2) is 13.6 Å². The van der Waals surface area contributed by atoms with Crippen LogP contribution in [0.25, 0.3) is 16.8 Å². The summed E-state index contributed by atoms with van der Waals surface area (Å²) in [6.45, 7) is 7.85. The molecule has 0 radical (unpaired) electrons. The standard InChI is InChI=1S/C21H23N2O3P.CH2F3NO2S/c1-15-13-16(2)21(17(3)14-15)23-11-7-20(8-12-23)19-5-9-22(10-6-19)18(4)27(24,25)26;2-1(3,4)8(5,6)7/h5-14,18H,1-4H3;(H2,5,6,7)/p+2. The Labute approximate surface area is 201 Å². The zero-order valence-electron chi connectivity index (χ0n) is 19.4. The Balaban J connectivity index is 0.000000466. The first kappa shape index (κ1) is 28.6. The first-order valence-electron chi connectivity index (χ1n) is 10.2. The van der Waals surface area contributed by atoms with Gasteiger partial charge in [-0.15, -0.1) is 0 Å². The minimum Gasteiger partial charge on any atom is -0.320 e. The second-order valence-corrected chi connectivity index (χ2v) is 11.5. The number of benzene rings is 1. The summed E-state index contributed by atoms with van der Waals surface area (Å²) in [6.07, 6.45) is 7.49. The molecule has 0 spiro atoms. The molecule has 0 saturated carbocycles. The second kappa shape index (κ2) is 10.5. The number of aromatic nitrogens is 2. The van der Waals surface area contributed by atoms with Gasteiger partial charge in [-0.3, -0.25) is 4.57 Å². The highest BCUT2D eigenvalue weighted by Gasteiger charge is 2.42. The summed E-state index contributed by atoms with van der Waals surface area (Å²) in [5, 5.41) is 3.66. The van der Waals surface area contributed by atoms with Crippen molar-refractivity contribution in [3.8, 4) is 16.8 Å². The minimum atomic E-state index is -5.34. The summed E-state index contributed by atoms with van der Waals surface area (Å²) in [4.78, 5) is 18.6. The maximum atomic E-state index is 11.4. The zero-order valence-corrected chi connectivity index (χ0v) is 21.1. The van der Waals surface area contributed by atoms with Crippen LogP contribution in [0.15, 0.2) is 61.2 Å². The van der Waals surface area contributed by atoms with E-state index in [1.165, 1.54) is 33.9 Å². The molecule has 3 aromatic rings. The van der Waals surface area contributed by atoms with E-state index in [9.17, 15) is 35.9 Å². The summed E-state index contributed by atoms with van der Waals surface area (Å²) in [7, 11) is -9.50. The van der Waals surface area contributed by atoms with Crippen LogP contribution >= 0.6 is 7.60 Å². The van der Waals surface area contributed by atoms with Gasteiger partial charge in [0.05, 0.1) is 0 Å². The van der Waals surface area contributed by atoms with E-state index in [4.69, 9.17) is 0 Å². The van der Waals surface area contributed by atoms with Crippen LogP contribution in [0.3, 0.4) is 0 Å². The Morgan fingerprint density at radius 3 is 1.63 bits per heavy atom. The SMILES string of the molecule is Cc1cc(C)c(-[n+]2ccc(-c3cc[n+](C(C)P(=O)(O)O)cc3)cc2)c(C)c1.NS(=O)(=O)C(F)(F)F. The van der Waals surface area contributed by atoms with Crippen LogP contribution in [0.1, 0.15) is 29.4 Å². The van der Waals surface area contributed by atoms with Crippen molar-refractivity contribution in [3.05, 3.63) is 77.9 Å². The lowest BCUT2D eigenvalue weighted by molar-refractivity contribution is -0.701. The maximum absolute atomic E-state index is 11.4. The first-order valence-corrected chi connectivity index (χ1v) is 13.4. The average molecular weight is 534 g/mol. The van der Waals surface area contributed by atoms with Gasteiger partial charge in [0.1, 0.15) is 0 Å². The smallest absolute Gasteiger partial charge is 0.320 e. The van der Waals surface area contributed by atoms with E-state index < -0.39 is 28.9 Å². The second-order valence-electron chi connectivity index (χ2n) is 7.99. The lowest BCUT2D eigenvalue weighted by atomic mass is 10.0. The van der Waals surface area contributed by atoms with E-state index in [-0.39, 0.29) is 0 Å². The highest BCUT2D eigenvalue weighted by atomic mass is 32.2. The number of pyridine rings is 2. The predicted molar refractivity (Wildman–Crippen MR) is 124 cm³/mol. The van der Waals surface area contributed by atoms with Gasteiger partial charge in [0.25, 0.3) is 5.78 Å². The molecule has 1 unspecified atom stereocenters. The van der Waals surface area contributed by atoms with E-state index >= 15 is 0 Å². The molecule has 0 aliphatic heterocycles. The fourth-order valence-electron chi connectivity index (χ4n) is 3.40. The molecular formula is C22H27F3N3O5PS+2. The van der Waals surface area contributed by atoms with Gasteiger partial charge in [-0.1, -0.05) is 5.56 Å². The van der Waals surface area contributed by atoms with Gasteiger partial charge in [0.2, 0.25) is 5.69 Å². The Hall–Kier alpha value is -2.63. The van der Waals surface area contributed by atoms with E-state index in [0.29, 0.717) is 0 Å². The molecule has 1 aromatic carbocycles. The lowest BCUT2D eigenvalue weighted by Gasteiger charge is -2.09. The molecule has 0 bridgehead atoms. The number of halogens is 3. The molecular weight excluding hydrogens is 506 g/mol. The molecule has 4 N–H and O–H groups in total. The number of hydrogen-bond acceptors (Lipinski definition) is 3. The van der Waals surface area contributed by atoms with Gasteiger partial charge >= 0.3 is 23.1 Å². The molecule has 2 aromatic heterocycles. The van der Waals surface area contributed by atoms with Crippen LogP contribution < -0.4 is 14.3 Å². The summed E-state index contributed by atoms with van der Waals surface area (Å²) in [6, 6.07) is 12.2. The minimum absolute atomic E-state index is 0.878. The molecule has 0 fully saturated rings. The number of rotatable bonds is 4. The normalized spacial score (nSPS) is 13.1. The summed E-state index contributed by atoms with van der Waals surface area (Å²) in [5.74, 6) is -0.878. The van der Waals surface area contributed by atoms with Crippen LogP contribution in [0.5, 0.6) is 0 Å². The third-order valence-corrected chi connectivity index (χ3v) is 7.04. The van der Waals surface area contributed by atoms with E-state index in [2.05, 4.69) is 42.6 Å². The van der Waals surface area contributed by atoms with Crippen LogP contribution in [0, 0.1) is 20.8 Å². The molecule has 190 valence electrons. The Morgan fingerprint density at radius 1 is 0.914 bits per heavy atom. The molecule has 0 amide bonds.